The molecule has 4 atom stereocenters. The van der Waals surface area contributed by atoms with Gasteiger partial charge in [0.25, 0.3) is 0 Å². The smallest absolute Gasteiger partial charge is 0.236 e. The molecule has 0 aromatic carbocycles. The summed E-state index contributed by atoms with van der Waals surface area (Å²) in [4.78, 5) is 11.8. The van der Waals surface area contributed by atoms with Crippen LogP contribution in [-0.4, -0.2) is 24.5 Å². The molecular weight excluding hydrogens is 212 g/mol. The van der Waals surface area contributed by atoms with Crippen molar-refractivity contribution < 1.29 is 4.79 Å². The maximum absolute atomic E-state index is 11.8. The molecule has 1 aliphatic rings. The summed E-state index contributed by atoms with van der Waals surface area (Å²) in [6, 6.07) is 0.441. The number of rotatable bonds is 5. The molecular formula is C14H28N2O. The second-order valence-corrected chi connectivity index (χ2v) is 5.68. The molecule has 1 rings (SSSR count). The van der Waals surface area contributed by atoms with Crippen molar-refractivity contribution in [2.45, 2.75) is 65.5 Å². The molecule has 2 N–H and O–H groups in total. The molecule has 4 unspecified atom stereocenters. The van der Waals surface area contributed by atoms with Gasteiger partial charge in [-0.2, -0.15) is 0 Å². The van der Waals surface area contributed by atoms with E-state index < -0.39 is 0 Å². The van der Waals surface area contributed by atoms with E-state index in [0.717, 1.165) is 18.9 Å². The van der Waals surface area contributed by atoms with Crippen LogP contribution in [0, 0.1) is 11.8 Å². The second-order valence-electron chi connectivity index (χ2n) is 5.68. The van der Waals surface area contributed by atoms with Crippen LogP contribution in [0.25, 0.3) is 0 Å². The SMILES string of the molecule is CCCNC(=O)C(C)NC1CCC(C)CC1C. The molecule has 17 heavy (non-hydrogen) atoms. The van der Waals surface area contributed by atoms with Gasteiger partial charge < -0.3 is 10.6 Å². The summed E-state index contributed by atoms with van der Waals surface area (Å²) in [7, 11) is 0. The van der Waals surface area contributed by atoms with Crippen LogP contribution in [0.2, 0.25) is 0 Å². The number of hydrogen-bond donors (Lipinski definition) is 2. The minimum absolute atomic E-state index is 0.0672. The Kier molecular flexibility index (Phi) is 5.96. The van der Waals surface area contributed by atoms with Gasteiger partial charge in [-0.1, -0.05) is 20.8 Å². The predicted octanol–water partition coefficient (Wildman–Crippen LogP) is 2.32. The summed E-state index contributed by atoms with van der Waals surface area (Å²) in [6.07, 6.45) is 4.76. The van der Waals surface area contributed by atoms with Gasteiger partial charge >= 0.3 is 0 Å². The third kappa shape index (κ3) is 4.66. The van der Waals surface area contributed by atoms with Gasteiger partial charge in [-0.3, -0.25) is 4.79 Å². The predicted molar refractivity (Wildman–Crippen MR) is 71.9 cm³/mol. The average Bonchev–Trinajstić information content (AvgIpc) is 2.29. The standard InChI is InChI=1S/C14H28N2O/c1-5-8-15-14(17)12(4)16-13-7-6-10(2)9-11(13)3/h10-13,16H,5-9H2,1-4H3,(H,15,17). The maximum atomic E-state index is 11.8. The first-order valence-electron chi connectivity index (χ1n) is 7.08. The number of nitrogens with one attached hydrogen (secondary N) is 2. The molecule has 1 saturated carbocycles. The van der Waals surface area contributed by atoms with Crippen molar-refractivity contribution in [3.8, 4) is 0 Å². The van der Waals surface area contributed by atoms with Gasteiger partial charge in [0, 0.05) is 12.6 Å². The van der Waals surface area contributed by atoms with Gasteiger partial charge in [-0.05, 0) is 44.4 Å². The van der Waals surface area contributed by atoms with Crippen LogP contribution in [0.1, 0.15) is 53.4 Å². The van der Waals surface area contributed by atoms with Crippen LogP contribution in [0.15, 0.2) is 0 Å². The zero-order valence-corrected chi connectivity index (χ0v) is 11.8. The summed E-state index contributed by atoms with van der Waals surface area (Å²) >= 11 is 0. The lowest BCUT2D eigenvalue weighted by atomic mass is 9.79. The number of carbonyl (C=O) groups is 1. The van der Waals surface area contributed by atoms with E-state index in [1.54, 1.807) is 0 Å². The topological polar surface area (TPSA) is 41.1 Å². The van der Waals surface area contributed by atoms with Gasteiger partial charge in [0.2, 0.25) is 5.91 Å². The third-order valence-corrected chi connectivity index (χ3v) is 3.84. The lowest BCUT2D eigenvalue weighted by Crippen LogP contribution is -2.50. The Hall–Kier alpha value is -0.570. The van der Waals surface area contributed by atoms with Crippen molar-refractivity contribution >= 4 is 5.91 Å². The van der Waals surface area contributed by atoms with E-state index in [0.29, 0.717) is 12.0 Å². The summed E-state index contributed by atoms with van der Waals surface area (Å²) < 4.78 is 0. The van der Waals surface area contributed by atoms with Gasteiger partial charge in [-0.25, -0.2) is 0 Å². The van der Waals surface area contributed by atoms with E-state index in [1.165, 1.54) is 19.3 Å². The quantitative estimate of drug-likeness (QED) is 0.774. The Bertz CT molecular complexity index is 242. The molecule has 3 heteroatoms. The largest absolute Gasteiger partial charge is 0.355 e. The van der Waals surface area contributed by atoms with Crippen LogP contribution < -0.4 is 10.6 Å². The van der Waals surface area contributed by atoms with E-state index in [-0.39, 0.29) is 11.9 Å². The molecule has 1 aliphatic carbocycles. The minimum Gasteiger partial charge on any atom is -0.355 e. The minimum atomic E-state index is -0.0672. The highest BCUT2D eigenvalue weighted by Crippen LogP contribution is 2.28. The van der Waals surface area contributed by atoms with Crippen molar-refractivity contribution in [2.24, 2.45) is 11.8 Å². The molecule has 3 nitrogen and oxygen atoms in total. The molecule has 0 aromatic rings. The lowest BCUT2D eigenvalue weighted by molar-refractivity contribution is -0.123. The van der Waals surface area contributed by atoms with Crippen LogP contribution in [0.3, 0.4) is 0 Å². The van der Waals surface area contributed by atoms with E-state index in [2.05, 4.69) is 31.4 Å². The molecule has 0 aromatic heterocycles. The van der Waals surface area contributed by atoms with Crippen LogP contribution in [-0.2, 0) is 4.79 Å². The maximum Gasteiger partial charge on any atom is 0.236 e. The Morgan fingerprint density at radius 1 is 1.35 bits per heavy atom. The zero-order chi connectivity index (χ0) is 12.8. The van der Waals surface area contributed by atoms with Crippen LogP contribution in [0.4, 0.5) is 0 Å². The van der Waals surface area contributed by atoms with Crippen molar-refractivity contribution in [3.63, 3.8) is 0 Å². The first kappa shape index (κ1) is 14.5. The van der Waals surface area contributed by atoms with E-state index >= 15 is 0 Å². The van der Waals surface area contributed by atoms with Gasteiger partial charge in [0.15, 0.2) is 0 Å². The number of carbonyl (C=O) groups excluding carboxylic acids is 1. The fourth-order valence-electron chi connectivity index (χ4n) is 2.71. The molecule has 1 fully saturated rings. The lowest BCUT2D eigenvalue weighted by Gasteiger charge is -2.34. The first-order valence-corrected chi connectivity index (χ1v) is 7.08. The van der Waals surface area contributed by atoms with Crippen LogP contribution >= 0.6 is 0 Å². The molecule has 0 heterocycles. The summed E-state index contributed by atoms with van der Waals surface area (Å²) in [6.45, 7) is 9.44. The Labute approximate surface area is 106 Å². The summed E-state index contributed by atoms with van der Waals surface area (Å²) in [5.74, 6) is 1.66. The van der Waals surface area contributed by atoms with E-state index in [9.17, 15) is 4.79 Å². The zero-order valence-electron chi connectivity index (χ0n) is 11.8. The molecule has 0 bridgehead atoms. The van der Waals surface area contributed by atoms with E-state index in [1.807, 2.05) is 6.92 Å². The highest BCUT2D eigenvalue weighted by Gasteiger charge is 2.27. The number of amides is 1. The third-order valence-electron chi connectivity index (χ3n) is 3.84. The highest BCUT2D eigenvalue weighted by molar-refractivity contribution is 5.81. The van der Waals surface area contributed by atoms with Crippen LogP contribution in [0.5, 0.6) is 0 Å². The fraction of sp³-hybridized carbons (Fsp3) is 0.929. The summed E-state index contributed by atoms with van der Waals surface area (Å²) in [5, 5.41) is 6.43. The average molecular weight is 240 g/mol. The first-order chi connectivity index (χ1) is 8.04. The second kappa shape index (κ2) is 7.00. The van der Waals surface area contributed by atoms with Gasteiger partial charge in [0.1, 0.15) is 0 Å². The van der Waals surface area contributed by atoms with Gasteiger partial charge in [-0.15, -0.1) is 0 Å². The monoisotopic (exact) mass is 240 g/mol. The molecule has 0 radical (unpaired) electrons. The van der Waals surface area contributed by atoms with Crippen molar-refractivity contribution in [3.05, 3.63) is 0 Å². The Balaban J connectivity index is 2.34. The van der Waals surface area contributed by atoms with Crippen molar-refractivity contribution in [2.75, 3.05) is 6.54 Å². The molecule has 0 aliphatic heterocycles. The summed E-state index contributed by atoms with van der Waals surface area (Å²) in [5.41, 5.74) is 0. The molecule has 100 valence electrons. The van der Waals surface area contributed by atoms with Gasteiger partial charge in [0.05, 0.1) is 6.04 Å². The number of hydrogen-bond acceptors (Lipinski definition) is 2. The molecule has 1 amide bonds. The van der Waals surface area contributed by atoms with E-state index in [4.69, 9.17) is 0 Å². The van der Waals surface area contributed by atoms with Crippen molar-refractivity contribution in [1.29, 1.82) is 0 Å². The Morgan fingerprint density at radius 2 is 2.06 bits per heavy atom. The normalized spacial score (nSPS) is 30.9. The molecule has 0 saturated heterocycles. The Morgan fingerprint density at radius 3 is 2.65 bits per heavy atom. The fourth-order valence-corrected chi connectivity index (χ4v) is 2.71. The van der Waals surface area contributed by atoms with Crippen molar-refractivity contribution in [1.82, 2.24) is 10.6 Å². The highest BCUT2D eigenvalue weighted by atomic mass is 16.2. The molecule has 0 spiro atoms.